The predicted octanol–water partition coefficient (Wildman–Crippen LogP) is 2.22. The van der Waals surface area contributed by atoms with Gasteiger partial charge in [0.1, 0.15) is 11.5 Å². The van der Waals surface area contributed by atoms with Crippen LogP contribution in [0.2, 0.25) is 0 Å². The van der Waals surface area contributed by atoms with Crippen molar-refractivity contribution in [1.29, 1.82) is 0 Å². The number of carboxylic acid groups (broad SMARTS) is 1. The second-order valence-electron chi connectivity index (χ2n) is 4.77. The van der Waals surface area contributed by atoms with Gasteiger partial charge in [0, 0.05) is 18.9 Å². The number of ether oxygens (including phenoxy) is 1. The molecule has 0 spiro atoms. The summed E-state index contributed by atoms with van der Waals surface area (Å²) in [5.74, 6) is -0.737. The number of hydrogen-bond acceptors (Lipinski definition) is 4. The lowest BCUT2D eigenvalue weighted by Gasteiger charge is -2.19. The third kappa shape index (κ3) is 3.49. The van der Waals surface area contributed by atoms with Crippen molar-refractivity contribution >= 4 is 17.7 Å². The van der Waals surface area contributed by atoms with E-state index in [1.165, 1.54) is 0 Å². The summed E-state index contributed by atoms with van der Waals surface area (Å²) in [5.41, 5.74) is 1.09. The van der Waals surface area contributed by atoms with Crippen LogP contribution in [0.3, 0.4) is 0 Å². The van der Waals surface area contributed by atoms with E-state index in [2.05, 4.69) is 0 Å². The molecule has 1 aromatic carbocycles. The Bertz CT molecular complexity index is 426. The van der Waals surface area contributed by atoms with Crippen LogP contribution in [-0.4, -0.2) is 48.0 Å². The highest BCUT2D eigenvalue weighted by Gasteiger charge is 2.36. The van der Waals surface area contributed by atoms with Gasteiger partial charge in [0.05, 0.1) is 0 Å². The predicted molar refractivity (Wildman–Crippen MR) is 76.2 cm³/mol. The van der Waals surface area contributed by atoms with E-state index >= 15 is 0 Å². The van der Waals surface area contributed by atoms with Crippen molar-refractivity contribution in [1.82, 2.24) is 4.90 Å². The fourth-order valence-electron chi connectivity index (χ4n) is 2.40. The molecule has 1 heterocycles. The Morgan fingerprint density at radius 1 is 1.47 bits per heavy atom. The van der Waals surface area contributed by atoms with E-state index in [0.717, 1.165) is 12.1 Å². The lowest BCUT2D eigenvalue weighted by molar-refractivity contribution is -0.141. The summed E-state index contributed by atoms with van der Waals surface area (Å²) in [4.78, 5) is 13.0. The van der Waals surface area contributed by atoms with Gasteiger partial charge in [-0.3, -0.25) is 9.69 Å². The summed E-state index contributed by atoms with van der Waals surface area (Å²) in [7, 11) is 3.56. The Hall–Kier alpha value is -1.04. The molecule has 2 rings (SSSR count). The Labute approximate surface area is 117 Å². The number of nitrogens with zero attached hydrogens (tertiary/aromatic N) is 1. The number of likely N-dealkylation sites (N-methyl/N-ethyl adjacent to an activating group) is 1. The van der Waals surface area contributed by atoms with Crippen molar-refractivity contribution in [3.8, 4) is 0 Å². The van der Waals surface area contributed by atoms with E-state index in [0.29, 0.717) is 6.42 Å². The largest absolute Gasteiger partial charge is 0.480 e. The summed E-state index contributed by atoms with van der Waals surface area (Å²) in [6, 6.07) is 9.66. The van der Waals surface area contributed by atoms with E-state index in [-0.39, 0.29) is 16.7 Å². The number of carbonyl (C=O) groups is 1. The van der Waals surface area contributed by atoms with Crippen LogP contribution < -0.4 is 0 Å². The second kappa shape index (κ2) is 6.41. The standard InChI is InChI=1S/C14H19NO3S/c1-15-9-11(8-12(15)13(16)17)19-14(18-2)10-6-4-3-5-7-10/h3-7,11-12,14H,8-9H2,1-2H3,(H,16,17)/t11-,12-,14?/m0/s1. The number of rotatable bonds is 5. The number of likely N-dealkylation sites (tertiary alicyclic amines) is 1. The molecule has 3 atom stereocenters. The fourth-order valence-corrected chi connectivity index (χ4v) is 3.78. The number of benzene rings is 1. The van der Waals surface area contributed by atoms with Gasteiger partial charge in [0.15, 0.2) is 0 Å². The van der Waals surface area contributed by atoms with Gasteiger partial charge in [-0.15, -0.1) is 11.8 Å². The van der Waals surface area contributed by atoms with Gasteiger partial charge in [-0.25, -0.2) is 0 Å². The zero-order valence-electron chi connectivity index (χ0n) is 11.2. The topological polar surface area (TPSA) is 49.8 Å². The van der Waals surface area contributed by atoms with Gasteiger partial charge in [0.25, 0.3) is 0 Å². The zero-order chi connectivity index (χ0) is 13.8. The number of hydrogen-bond donors (Lipinski definition) is 1. The minimum Gasteiger partial charge on any atom is -0.480 e. The summed E-state index contributed by atoms with van der Waals surface area (Å²) >= 11 is 1.70. The van der Waals surface area contributed by atoms with E-state index in [1.54, 1.807) is 18.9 Å². The summed E-state index contributed by atoms with van der Waals surface area (Å²) in [6.07, 6.45) is 0.670. The SMILES string of the molecule is COC(S[C@H]1C[C@@H](C(=O)O)N(C)C1)c1ccccc1. The van der Waals surface area contributed by atoms with E-state index in [9.17, 15) is 4.79 Å². The van der Waals surface area contributed by atoms with Gasteiger partial charge < -0.3 is 9.84 Å². The highest BCUT2D eigenvalue weighted by Crippen LogP contribution is 2.37. The summed E-state index contributed by atoms with van der Waals surface area (Å²) in [6.45, 7) is 0.786. The van der Waals surface area contributed by atoms with Gasteiger partial charge in [-0.05, 0) is 19.0 Å². The van der Waals surface area contributed by atoms with E-state index in [4.69, 9.17) is 9.84 Å². The highest BCUT2D eigenvalue weighted by molar-refractivity contribution is 8.00. The molecule has 19 heavy (non-hydrogen) atoms. The van der Waals surface area contributed by atoms with Crippen molar-refractivity contribution in [2.45, 2.75) is 23.1 Å². The third-order valence-corrected chi connectivity index (χ3v) is 4.83. The van der Waals surface area contributed by atoms with E-state index < -0.39 is 5.97 Å². The van der Waals surface area contributed by atoms with Crippen LogP contribution in [0.5, 0.6) is 0 Å². The molecule has 1 aliphatic heterocycles. The Balaban J connectivity index is 1.99. The van der Waals surface area contributed by atoms with Crippen LogP contribution in [0.15, 0.2) is 30.3 Å². The molecule has 1 aromatic rings. The molecule has 0 bridgehead atoms. The first-order valence-electron chi connectivity index (χ1n) is 6.28. The number of carboxylic acids is 1. The fraction of sp³-hybridized carbons (Fsp3) is 0.500. The maximum atomic E-state index is 11.1. The molecule has 1 aliphatic rings. The summed E-state index contributed by atoms with van der Waals surface area (Å²) in [5, 5.41) is 9.42. The van der Waals surface area contributed by atoms with Crippen molar-refractivity contribution in [3.63, 3.8) is 0 Å². The molecule has 5 heteroatoms. The molecule has 1 unspecified atom stereocenters. The normalized spacial score (nSPS) is 25.4. The van der Waals surface area contributed by atoms with Gasteiger partial charge in [-0.1, -0.05) is 30.3 Å². The van der Waals surface area contributed by atoms with Crippen molar-refractivity contribution in [2.24, 2.45) is 0 Å². The molecule has 4 nitrogen and oxygen atoms in total. The molecule has 1 N–H and O–H groups in total. The summed E-state index contributed by atoms with van der Waals surface area (Å²) < 4.78 is 5.53. The first-order chi connectivity index (χ1) is 9.11. The minimum atomic E-state index is -0.737. The van der Waals surface area contributed by atoms with Crippen molar-refractivity contribution in [2.75, 3.05) is 20.7 Å². The smallest absolute Gasteiger partial charge is 0.320 e. The zero-order valence-corrected chi connectivity index (χ0v) is 12.0. The van der Waals surface area contributed by atoms with E-state index in [1.807, 2.05) is 42.3 Å². The number of methoxy groups -OCH3 is 1. The highest BCUT2D eigenvalue weighted by atomic mass is 32.2. The Kier molecular flexibility index (Phi) is 4.85. The van der Waals surface area contributed by atoms with Crippen LogP contribution in [0, 0.1) is 0 Å². The molecule has 1 fully saturated rings. The van der Waals surface area contributed by atoms with Crippen molar-refractivity contribution in [3.05, 3.63) is 35.9 Å². The molecule has 0 aromatic heterocycles. The van der Waals surface area contributed by atoms with Gasteiger partial charge >= 0.3 is 5.97 Å². The Morgan fingerprint density at radius 2 is 2.16 bits per heavy atom. The number of aliphatic carboxylic acids is 1. The minimum absolute atomic E-state index is 0.0351. The number of thioether (sulfide) groups is 1. The average Bonchev–Trinajstić information content (AvgIpc) is 2.78. The molecular formula is C14H19NO3S. The first kappa shape index (κ1) is 14.4. The van der Waals surface area contributed by atoms with Crippen LogP contribution in [0.1, 0.15) is 17.4 Å². The monoisotopic (exact) mass is 281 g/mol. The van der Waals surface area contributed by atoms with Crippen LogP contribution in [0.4, 0.5) is 0 Å². The van der Waals surface area contributed by atoms with Gasteiger partial charge in [0.2, 0.25) is 0 Å². The lowest BCUT2D eigenvalue weighted by Crippen LogP contribution is -2.32. The van der Waals surface area contributed by atoms with Crippen LogP contribution >= 0.6 is 11.8 Å². The Morgan fingerprint density at radius 3 is 2.68 bits per heavy atom. The maximum Gasteiger partial charge on any atom is 0.320 e. The van der Waals surface area contributed by atoms with Gasteiger partial charge in [-0.2, -0.15) is 0 Å². The van der Waals surface area contributed by atoms with Crippen LogP contribution in [0.25, 0.3) is 0 Å². The second-order valence-corrected chi connectivity index (χ2v) is 6.13. The first-order valence-corrected chi connectivity index (χ1v) is 7.22. The molecule has 1 saturated heterocycles. The molecule has 0 radical (unpaired) electrons. The quantitative estimate of drug-likeness (QED) is 0.839. The molecular weight excluding hydrogens is 262 g/mol. The molecule has 0 amide bonds. The molecule has 104 valence electrons. The third-order valence-electron chi connectivity index (χ3n) is 3.40. The maximum absolute atomic E-state index is 11.1. The molecule has 0 aliphatic carbocycles. The average molecular weight is 281 g/mol. The van der Waals surface area contributed by atoms with Crippen molar-refractivity contribution < 1.29 is 14.6 Å². The molecule has 0 saturated carbocycles. The lowest BCUT2D eigenvalue weighted by atomic mass is 10.2. The van der Waals surface area contributed by atoms with Crippen LogP contribution in [-0.2, 0) is 9.53 Å².